The lowest BCUT2D eigenvalue weighted by Crippen LogP contribution is -2.53. The summed E-state index contributed by atoms with van der Waals surface area (Å²) in [6.07, 6.45) is 0.223. The zero-order valence-corrected chi connectivity index (χ0v) is 26.5. The number of halogens is 2. The largest absolute Gasteiger partial charge is 0.357 e. The van der Waals surface area contributed by atoms with E-state index in [-0.39, 0.29) is 39.5 Å². The molecule has 0 aliphatic heterocycles. The van der Waals surface area contributed by atoms with E-state index in [0.29, 0.717) is 0 Å². The highest BCUT2D eigenvalue weighted by molar-refractivity contribution is 7.92. The molecule has 0 saturated carbocycles. The number of rotatable bonds is 11. The van der Waals surface area contributed by atoms with E-state index in [4.69, 9.17) is 23.2 Å². The van der Waals surface area contributed by atoms with Gasteiger partial charge in [0.1, 0.15) is 12.6 Å². The van der Waals surface area contributed by atoms with Gasteiger partial charge in [-0.1, -0.05) is 107 Å². The van der Waals surface area contributed by atoms with E-state index in [1.54, 1.807) is 18.2 Å². The molecule has 0 aliphatic rings. The topological polar surface area (TPSA) is 86.8 Å². The molecular formula is C33H33Cl2N3O4S. The molecule has 1 unspecified atom stereocenters. The highest BCUT2D eigenvalue weighted by Gasteiger charge is 2.35. The zero-order valence-electron chi connectivity index (χ0n) is 24.1. The second-order valence-corrected chi connectivity index (χ2v) is 12.9. The van der Waals surface area contributed by atoms with Gasteiger partial charge in [0.25, 0.3) is 10.0 Å². The van der Waals surface area contributed by atoms with Gasteiger partial charge in [-0.05, 0) is 49.2 Å². The summed E-state index contributed by atoms with van der Waals surface area (Å²) in [5.41, 5.74) is 3.56. The second kappa shape index (κ2) is 14.1. The fourth-order valence-electron chi connectivity index (χ4n) is 4.76. The average Bonchev–Trinajstić information content (AvgIpc) is 2.99. The molecule has 0 aromatic heterocycles. The third-order valence-corrected chi connectivity index (χ3v) is 9.62. The molecule has 224 valence electrons. The fraction of sp³-hybridized carbons (Fsp3) is 0.212. The van der Waals surface area contributed by atoms with Crippen LogP contribution in [0.25, 0.3) is 0 Å². The van der Waals surface area contributed by atoms with E-state index in [0.717, 1.165) is 26.6 Å². The minimum absolute atomic E-state index is 0.00924. The van der Waals surface area contributed by atoms with Gasteiger partial charge in [-0.2, -0.15) is 0 Å². The Balaban J connectivity index is 1.82. The predicted molar refractivity (Wildman–Crippen MR) is 172 cm³/mol. The number of hydrogen-bond donors (Lipinski definition) is 1. The lowest BCUT2D eigenvalue weighted by Gasteiger charge is -2.34. The van der Waals surface area contributed by atoms with E-state index in [9.17, 15) is 18.0 Å². The van der Waals surface area contributed by atoms with Gasteiger partial charge in [-0.3, -0.25) is 13.9 Å². The van der Waals surface area contributed by atoms with Crippen LogP contribution in [0.15, 0.2) is 102 Å². The van der Waals surface area contributed by atoms with E-state index in [2.05, 4.69) is 5.32 Å². The molecule has 0 heterocycles. The number of amides is 2. The number of nitrogens with one attached hydrogen (secondary N) is 1. The SMILES string of the molecule is CNC(=O)C(Cc1ccccc1)N(Cc1cccc(C)c1)C(=O)CN(c1cccc(Cl)c1Cl)S(=O)(=O)c1ccc(C)cc1. The third-order valence-electron chi connectivity index (χ3n) is 7.04. The highest BCUT2D eigenvalue weighted by Crippen LogP contribution is 2.35. The number of sulfonamides is 1. The molecule has 0 spiro atoms. The molecule has 4 rings (SSSR count). The van der Waals surface area contributed by atoms with Crippen LogP contribution >= 0.6 is 23.2 Å². The maximum absolute atomic E-state index is 14.4. The Morgan fingerprint density at radius 1 is 0.814 bits per heavy atom. The van der Waals surface area contributed by atoms with Crippen molar-refractivity contribution in [1.29, 1.82) is 0 Å². The van der Waals surface area contributed by atoms with Gasteiger partial charge >= 0.3 is 0 Å². The van der Waals surface area contributed by atoms with Crippen LogP contribution in [-0.2, 0) is 32.6 Å². The van der Waals surface area contributed by atoms with E-state index < -0.39 is 28.5 Å². The number of likely N-dealkylation sites (N-methyl/N-ethyl adjacent to an activating group) is 1. The van der Waals surface area contributed by atoms with Crippen molar-refractivity contribution in [2.75, 3.05) is 17.9 Å². The summed E-state index contributed by atoms with van der Waals surface area (Å²) >= 11 is 12.8. The van der Waals surface area contributed by atoms with Crippen LogP contribution in [0.3, 0.4) is 0 Å². The van der Waals surface area contributed by atoms with Gasteiger partial charge in [0.15, 0.2) is 0 Å². The van der Waals surface area contributed by atoms with Gasteiger partial charge in [-0.25, -0.2) is 8.42 Å². The van der Waals surface area contributed by atoms with Crippen molar-refractivity contribution in [3.05, 3.63) is 129 Å². The number of carbonyl (C=O) groups is 2. The lowest BCUT2D eigenvalue weighted by atomic mass is 10.0. The molecule has 2 amide bonds. The van der Waals surface area contributed by atoms with E-state index >= 15 is 0 Å². The van der Waals surface area contributed by atoms with Crippen molar-refractivity contribution >= 4 is 50.7 Å². The standard InChI is InChI=1S/C33H33Cl2N3O4S/c1-23-15-17-27(18-16-23)43(41,42)38(29-14-8-13-28(34)32(29)35)22-31(39)37(21-26-12-7-9-24(2)19-26)30(33(40)36-3)20-25-10-5-4-6-11-25/h4-19,30H,20-22H2,1-3H3,(H,36,40). The maximum atomic E-state index is 14.4. The average molecular weight is 639 g/mol. The van der Waals surface area contributed by atoms with Crippen molar-refractivity contribution in [1.82, 2.24) is 10.2 Å². The van der Waals surface area contributed by atoms with Crippen molar-refractivity contribution < 1.29 is 18.0 Å². The van der Waals surface area contributed by atoms with Gasteiger partial charge in [0.2, 0.25) is 11.8 Å². The summed E-state index contributed by atoms with van der Waals surface area (Å²) in [5, 5.41) is 2.81. The van der Waals surface area contributed by atoms with Crippen LogP contribution in [0.1, 0.15) is 22.3 Å². The van der Waals surface area contributed by atoms with Gasteiger partial charge in [-0.15, -0.1) is 0 Å². The number of hydrogen-bond acceptors (Lipinski definition) is 4. The molecule has 7 nitrogen and oxygen atoms in total. The molecule has 10 heteroatoms. The predicted octanol–water partition coefficient (Wildman–Crippen LogP) is 6.19. The van der Waals surface area contributed by atoms with Crippen LogP contribution in [-0.4, -0.2) is 44.8 Å². The molecule has 1 atom stereocenters. The van der Waals surface area contributed by atoms with Crippen LogP contribution in [0.2, 0.25) is 10.0 Å². The van der Waals surface area contributed by atoms with Crippen LogP contribution in [0, 0.1) is 13.8 Å². The molecular weight excluding hydrogens is 605 g/mol. The number of anilines is 1. The van der Waals surface area contributed by atoms with Gasteiger partial charge < -0.3 is 10.2 Å². The number of carbonyl (C=O) groups excluding carboxylic acids is 2. The fourth-order valence-corrected chi connectivity index (χ4v) is 6.64. The monoisotopic (exact) mass is 637 g/mol. The molecule has 1 N–H and O–H groups in total. The number of benzene rings is 4. The van der Waals surface area contributed by atoms with Crippen molar-refractivity contribution in [2.45, 2.75) is 37.8 Å². The molecule has 43 heavy (non-hydrogen) atoms. The highest BCUT2D eigenvalue weighted by atomic mass is 35.5. The summed E-state index contributed by atoms with van der Waals surface area (Å²) in [4.78, 5) is 29.1. The first-order valence-corrected chi connectivity index (χ1v) is 15.8. The first kappa shape index (κ1) is 32.1. The first-order chi connectivity index (χ1) is 20.5. The molecule has 0 bridgehead atoms. The van der Waals surface area contributed by atoms with Crippen LogP contribution < -0.4 is 9.62 Å². The van der Waals surface area contributed by atoms with E-state index in [1.807, 2.05) is 68.4 Å². The second-order valence-electron chi connectivity index (χ2n) is 10.2. The lowest BCUT2D eigenvalue weighted by molar-refractivity contribution is -0.139. The molecule has 4 aromatic carbocycles. The maximum Gasteiger partial charge on any atom is 0.264 e. The molecule has 0 fully saturated rings. The smallest absolute Gasteiger partial charge is 0.264 e. The Hall–Kier alpha value is -3.85. The summed E-state index contributed by atoms with van der Waals surface area (Å²) in [7, 11) is -2.78. The number of aryl methyl sites for hydroxylation is 2. The minimum atomic E-state index is -4.29. The minimum Gasteiger partial charge on any atom is -0.357 e. The Kier molecular flexibility index (Phi) is 10.5. The van der Waals surface area contributed by atoms with E-state index in [1.165, 1.54) is 36.2 Å². The third kappa shape index (κ3) is 7.76. The van der Waals surface area contributed by atoms with Gasteiger partial charge in [0, 0.05) is 20.0 Å². The van der Waals surface area contributed by atoms with Crippen molar-refractivity contribution in [3.63, 3.8) is 0 Å². The molecule has 0 aliphatic carbocycles. The molecule has 4 aromatic rings. The summed E-state index contributed by atoms with van der Waals surface area (Å²) in [5.74, 6) is -0.962. The Bertz CT molecular complexity index is 1700. The Labute approximate surface area is 263 Å². The Morgan fingerprint density at radius 2 is 1.47 bits per heavy atom. The molecule has 0 saturated heterocycles. The summed E-state index contributed by atoms with van der Waals surface area (Å²) < 4.78 is 29.1. The summed E-state index contributed by atoms with van der Waals surface area (Å²) in [6, 6.07) is 27.0. The Morgan fingerprint density at radius 3 is 2.12 bits per heavy atom. The van der Waals surface area contributed by atoms with Crippen molar-refractivity contribution in [3.8, 4) is 0 Å². The first-order valence-electron chi connectivity index (χ1n) is 13.6. The molecule has 0 radical (unpaired) electrons. The zero-order chi connectivity index (χ0) is 31.1. The number of nitrogens with zero attached hydrogens (tertiary/aromatic N) is 2. The normalized spacial score (nSPS) is 11.9. The van der Waals surface area contributed by atoms with Crippen LogP contribution in [0.5, 0.6) is 0 Å². The van der Waals surface area contributed by atoms with Crippen molar-refractivity contribution in [2.24, 2.45) is 0 Å². The summed E-state index contributed by atoms with van der Waals surface area (Å²) in [6.45, 7) is 3.24. The van der Waals surface area contributed by atoms with Gasteiger partial charge in [0.05, 0.1) is 20.6 Å². The van der Waals surface area contributed by atoms with Crippen LogP contribution in [0.4, 0.5) is 5.69 Å². The quantitative estimate of drug-likeness (QED) is 0.212.